The van der Waals surface area contributed by atoms with Crippen LogP contribution < -0.4 is 10.1 Å². The largest absolute Gasteiger partial charge is 0.484 e. The molecule has 134 valence electrons. The van der Waals surface area contributed by atoms with Crippen molar-refractivity contribution in [2.75, 3.05) is 26.2 Å². The fourth-order valence-corrected chi connectivity index (χ4v) is 2.97. The maximum Gasteiger partial charge on any atom is 0.258 e. The van der Waals surface area contributed by atoms with E-state index in [1.807, 2.05) is 0 Å². The number of hydrogen-bond acceptors (Lipinski definition) is 3. The van der Waals surface area contributed by atoms with Crippen LogP contribution in [0.15, 0.2) is 18.2 Å². The topological polar surface area (TPSA) is 41.6 Å². The molecule has 1 aliphatic rings. The van der Waals surface area contributed by atoms with Gasteiger partial charge in [0.15, 0.2) is 6.61 Å². The summed E-state index contributed by atoms with van der Waals surface area (Å²) in [5, 5.41) is 3.01. The van der Waals surface area contributed by atoms with Crippen LogP contribution in [0.3, 0.4) is 0 Å². The number of carbonyl (C=O) groups excluding carboxylic acids is 1. The van der Waals surface area contributed by atoms with E-state index in [2.05, 4.69) is 24.1 Å². The van der Waals surface area contributed by atoms with E-state index < -0.39 is 5.82 Å². The number of carbonyl (C=O) groups is 1. The van der Waals surface area contributed by atoms with Gasteiger partial charge in [0, 0.05) is 18.7 Å². The van der Waals surface area contributed by atoms with E-state index in [1.54, 1.807) is 0 Å². The molecule has 0 spiro atoms. The summed E-state index contributed by atoms with van der Waals surface area (Å²) in [6.07, 6.45) is 3.26. The number of benzene rings is 1. The number of rotatable bonds is 7. The summed E-state index contributed by atoms with van der Waals surface area (Å²) >= 11 is 5.69. The molecule has 4 nitrogen and oxygen atoms in total. The normalized spacial score (nSPS) is 18.6. The molecule has 0 saturated carbocycles. The zero-order chi connectivity index (χ0) is 17.5. The van der Waals surface area contributed by atoms with Gasteiger partial charge in [-0.1, -0.05) is 25.4 Å². The molecule has 0 aromatic heterocycles. The third-order valence-electron chi connectivity index (χ3n) is 4.15. The zero-order valence-electron chi connectivity index (χ0n) is 14.4. The summed E-state index contributed by atoms with van der Waals surface area (Å²) in [5.41, 5.74) is 0. The third-order valence-corrected chi connectivity index (χ3v) is 4.44. The quantitative estimate of drug-likeness (QED) is 0.813. The summed E-state index contributed by atoms with van der Waals surface area (Å²) in [5.74, 6) is 0.415. The van der Waals surface area contributed by atoms with Crippen molar-refractivity contribution in [1.29, 1.82) is 0 Å². The molecule has 2 rings (SSSR count). The van der Waals surface area contributed by atoms with Crippen molar-refractivity contribution in [1.82, 2.24) is 10.2 Å². The Morgan fingerprint density at radius 1 is 1.50 bits per heavy atom. The van der Waals surface area contributed by atoms with Crippen LogP contribution in [0.5, 0.6) is 5.75 Å². The molecular formula is C18H26ClFN2O2. The van der Waals surface area contributed by atoms with Crippen molar-refractivity contribution in [3.05, 3.63) is 29.0 Å². The number of nitrogens with one attached hydrogen (secondary N) is 1. The SMILES string of the molecule is CC(C)CCN1CCC[C@H](NC(=O)COc2ccc(F)c(Cl)c2)C1. The van der Waals surface area contributed by atoms with Crippen molar-refractivity contribution in [2.45, 2.75) is 39.2 Å². The predicted octanol–water partition coefficient (Wildman–Crippen LogP) is 3.48. The summed E-state index contributed by atoms with van der Waals surface area (Å²) in [4.78, 5) is 14.5. The maximum absolute atomic E-state index is 13.1. The Kier molecular flexibility index (Phi) is 7.31. The first-order chi connectivity index (χ1) is 11.4. The highest BCUT2D eigenvalue weighted by Gasteiger charge is 2.21. The molecule has 0 aliphatic carbocycles. The Balaban J connectivity index is 1.74. The van der Waals surface area contributed by atoms with E-state index in [4.69, 9.17) is 16.3 Å². The highest BCUT2D eigenvalue weighted by atomic mass is 35.5. The molecular weight excluding hydrogens is 331 g/mol. The molecule has 1 fully saturated rings. The van der Waals surface area contributed by atoms with Crippen LogP contribution in [0, 0.1) is 11.7 Å². The minimum Gasteiger partial charge on any atom is -0.484 e. The molecule has 6 heteroatoms. The standard InChI is InChI=1S/C18H26ClFN2O2/c1-13(2)7-9-22-8-3-4-14(11-22)21-18(23)12-24-15-5-6-17(20)16(19)10-15/h5-6,10,13-14H,3-4,7-9,11-12H2,1-2H3,(H,21,23)/t14-/m0/s1. The number of likely N-dealkylation sites (tertiary alicyclic amines) is 1. The fraction of sp³-hybridized carbons (Fsp3) is 0.611. The summed E-state index contributed by atoms with van der Waals surface area (Å²) in [6, 6.07) is 4.23. The monoisotopic (exact) mass is 356 g/mol. The minimum atomic E-state index is -0.503. The molecule has 1 amide bonds. The molecule has 0 unspecified atom stereocenters. The molecule has 0 radical (unpaired) electrons. The highest BCUT2D eigenvalue weighted by Crippen LogP contribution is 2.21. The first-order valence-electron chi connectivity index (χ1n) is 8.53. The van der Waals surface area contributed by atoms with Crippen molar-refractivity contribution >= 4 is 17.5 Å². The van der Waals surface area contributed by atoms with Gasteiger partial charge in [-0.25, -0.2) is 4.39 Å². The lowest BCUT2D eigenvalue weighted by atomic mass is 10.0. The van der Waals surface area contributed by atoms with Gasteiger partial charge in [0.2, 0.25) is 0 Å². The van der Waals surface area contributed by atoms with Gasteiger partial charge in [0.25, 0.3) is 5.91 Å². The van der Waals surface area contributed by atoms with Crippen molar-refractivity contribution in [2.24, 2.45) is 5.92 Å². The lowest BCUT2D eigenvalue weighted by Crippen LogP contribution is -2.49. The Morgan fingerprint density at radius 2 is 2.29 bits per heavy atom. The Bertz CT molecular complexity index is 554. The maximum atomic E-state index is 13.1. The molecule has 1 N–H and O–H groups in total. The van der Waals surface area contributed by atoms with Crippen molar-refractivity contribution in [3.63, 3.8) is 0 Å². The first-order valence-corrected chi connectivity index (χ1v) is 8.91. The van der Waals surface area contributed by atoms with Crippen LogP contribution in [0.1, 0.15) is 33.1 Å². The molecule has 0 bridgehead atoms. The average molecular weight is 357 g/mol. The van der Waals surface area contributed by atoms with Gasteiger partial charge in [0.1, 0.15) is 11.6 Å². The molecule has 1 heterocycles. The molecule has 1 aromatic carbocycles. The Labute approximate surface area is 148 Å². The number of halogens is 2. The van der Waals surface area contributed by atoms with Crippen LogP contribution in [0.2, 0.25) is 5.02 Å². The summed E-state index contributed by atoms with van der Waals surface area (Å²) < 4.78 is 18.5. The lowest BCUT2D eigenvalue weighted by Gasteiger charge is -2.33. The summed E-state index contributed by atoms with van der Waals surface area (Å²) in [6.45, 7) is 7.42. The Morgan fingerprint density at radius 3 is 3.00 bits per heavy atom. The van der Waals surface area contributed by atoms with E-state index in [1.165, 1.54) is 24.6 Å². The lowest BCUT2D eigenvalue weighted by molar-refractivity contribution is -0.124. The van der Waals surface area contributed by atoms with E-state index in [-0.39, 0.29) is 23.6 Å². The number of hydrogen-bond donors (Lipinski definition) is 1. The number of ether oxygens (including phenoxy) is 1. The molecule has 24 heavy (non-hydrogen) atoms. The second-order valence-electron chi connectivity index (χ2n) is 6.75. The molecule has 1 aliphatic heterocycles. The summed E-state index contributed by atoms with van der Waals surface area (Å²) in [7, 11) is 0. The van der Waals surface area contributed by atoms with Gasteiger partial charge in [-0.05, 0) is 50.4 Å². The van der Waals surface area contributed by atoms with E-state index in [9.17, 15) is 9.18 Å². The predicted molar refractivity (Wildman–Crippen MR) is 94.0 cm³/mol. The van der Waals surface area contributed by atoms with Gasteiger partial charge >= 0.3 is 0 Å². The third kappa shape index (κ3) is 6.29. The van der Waals surface area contributed by atoms with Gasteiger partial charge in [-0.3, -0.25) is 4.79 Å². The zero-order valence-corrected chi connectivity index (χ0v) is 15.1. The first kappa shape index (κ1) is 19.0. The van der Waals surface area contributed by atoms with Gasteiger partial charge in [-0.2, -0.15) is 0 Å². The molecule has 1 saturated heterocycles. The van der Waals surface area contributed by atoms with E-state index in [0.29, 0.717) is 11.7 Å². The van der Waals surface area contributed by atoms with Crippen molar-refractivity contribution < 1.29 is 13.9 Å². The number of nitrogens with zero attached hydrogens (tertiary/aromatic N) is 1. The van der Waals surface area contributed by atoms with Crippen molar-refractivity contribution in [3.8, 4) is 5.75 Å². The number of amides is 1. The highest BCUT2D eigenvalue weighted by molar-refractivity contribution is 6.30. The molecule has 1 aromatic rings. The van der Waals surface area contributed by atoms with Crippen LogP contribution in [-0.4, -0.2) is 43.1 Å². The Hall–Kier alpha value is -1.33. The average Bonchev–Trinajstić information content (AvgIpc) is 2.54. The second kappa shape index (κ2) is 9.23. The van der Waals surface area contributed by atoms with Crippen LogP contribution in [-0.2, 0) is 4.79 Å². The van der Waals surface area contributed by atoms with Gasteiger partial charge < -0.3 is 15.0 Å². The van der Waals surface area contributed by atoms with Crippen LogP contribution >= 0.6 is 11.6 Å². The fourth-order valence-electron chi connectivity index (χ4n) is 2.80. The van der Waals surface area contributed by atoms with Crippen LogP contribution in [0.4, 0.5) is 4.39 Å². The van der Waals surface area contributed by atoms with Gasteiger partial charge in [-0.15, -0.1) is 0 Å². The number of piperidine rings is 1. The van der Waals surface area contributed by atoms with Crippen LogP contribution in [0.25, 0.3) is 0 Å². The van der Waals surface area contributed by atoms with E-state index >= 15 is 0 Å². The minimum absolute atomic E-state index is 0.0130. The smallest absolute Gasteiger partial charge is 0.258 e. The van der Waals surface area contributed by atoms with Gasteiger partial charge in [0.05, 0.1) is 5.02 Å². The second-order valence-corrected chi connectivity index (χ2v) is 7.16. The van der Waals surface area contributed by atoms with E-state index in [0.717, 1.165) is 32.5 Å². The molecule has 1 atom stereocenters.